The predicted octanol–water partition coefficient (Wildman–Crippen LogP) is 1.88. The number of hydrogen-bond donors (Lipinski definition) is 1. The largest absolute Gasteiger partial charge is 0.491 e. The summed E-state index contributed by atoms with van der Waals surface area (Å²) in [5.74, 6) is 0.495. The molecular formula is C13H20O4S. The van der Waals surface area contributed by atoms with Crippen molar-refractivity contribution in [2.45, 2.75) is 31.3 Å². The molecule has 0 saturated heterocycles. The van der Waals surface area contributed by atoms with E-state index in [4.69, 9.17) is 4.74 Å². The first-order valence-electron chi connectivity index (χ1n) is 5.78. The summed E-state index contributed by atoms with van der Waals surface area (Å²) in [4.78, 5) is 0.212. The van der Waals surface area contributed by atoms with Gasteiger partial charge in [0, 0.05) is 6.26 Å². The smallest absolute Gasteiger partial charge is 0.175 e. The summed E-state index contributed by atoms with van der Waals surface area (Å²) in [6.07, 6.45) is 1.15. The lowest BCUT2D eigenvalue weighted by Crippen LogP contribution is -2.37. The van der Waals surface area contributed by atoms with Gasteiger partial charge in [0.2, 0.25) is 0 Å². The summed E-state index contributed by atoms with van der Waals surface area (Å²) >= 11 is 0. The highest BCUT2D eigenvalue weighted by molar-refractivity contribution is 7.90. The molecular weight excluding hydrogens is 252 g/mol. The molecule has 0 radical (unpaired) electrons. The highest BCUT2D eigenvalue weighted by atomic mass is 32.2. The Hall–Kier alpha value is -1.07. The molecule has 0 aromatic heterocycles. The lowest BCUT2D eigenvalue weighted by molar-refractivity contribution is -0.0267. The van der Waals surface area contributed by atoms with Crippen LogP contribution in [-0.4, -0.2) is 32.0 Å². The first-order valence-corrected chi connectivity index (χ1v) is 7.67. The Morgan fingerprint density at radius 2 is 2.00 bits per heavy atom. The van der Waals surface area contributed by atoms with Crippen molar-refractivity contribution >= 4 is 9.84 Å². The molecule has 4 nitrogen and oxygen atoms in total. The Morgan fingerprint density at radius 1 is 1.39 bits per heavy atom. The third-order valence-electron chi connectivity index (χ3n) is 3.01. The third kappa shape index (κ3) is 3.99. The van der Waals surface area contributed by atoms with Crippen LogP contribution in [0.5, 0.6) is 5.75 Å². The standard InChI is InChI=1S/C13H20O4S/c1-10(2)13(3,14)9-17-11-6-5-7-12(8-11)18(4,15)16/h5-8,10,14H,9H2,1-4H3. The summed E-state index contributed by atoms with van der Waals surface area (Å²) in [6, 6.07) is 6.27. The minimum absolute atomic E-state index is 0.0515. The van der Waals surface area contributed by atoms with Crippen LogP contribution in [-0.2, 0) is 9.84 Å². The molecule has 1 unspecified atom stereocenters. The molecule has 0 aliphatic heterocycles. The van der Waals surface area contributed by atoms with E-state index in [0.29, 0.717) is 5.75 Å². The molecule has 1 rings (SSSR count). The normalized spacial score (nSPS) is 15.4. The third-order valence-corrected chi connectivity index (χ3v) is 4.12. The average molecular weight is 272 g/mol. The van der Waals surface area contributed by atoms with E-state index < -0.39 is 15.4 Å². The van der Waals surface area contributed by atoms with Gasteiger partial charge in [0.05, 0.1) is 10.5 Å². The Balaban J connectivity index is 2.82. The van der Waals surface area contributed by atoms with Crippen LogP contribution in [0.15, 0.2) is 29.2 Å². The van der Waals surface area contributed by atoms with Crippen molar-refractivity contribution in [3.63, 3.8) is 0 Å². The van der Waals surface area contributed by atoms with Crippen molar-refractivity contribution in [2.24, 2.45) is 5.92 Å². The SMILES string of the molecule is CC(C)C(C)(O)COc1cccc(S(C)(=O)=O)c1. The first kappa shape index (κ1) is 15.0. The maximum atomic E-state index is 11.4. The second kappa shape index (κ2) is 5.28. The maximum absolute atomic E-state index is 11.4. The average Bonchev–Trinajstić information content (AvgIpc) is 2.25. The van der Waals surface area contributed by atoms with Gasteiger partial charge in [0.15, 0.2) is 9.84 Å². The fourth-order valence-electron chi connectivity index (χ4n) is 1.19. The topological polar surface area (TPSA) is 63.6 Å². The maximum Gasteiger partial charge on any atom is 0.175 e. The van der Waals surface area contributed by atoms with Gasteiger partial charge in [-0.3, -0.25) is 0 Å². The Bertz CT molecular complexity index is 503. The zero-order chi connectivity index (χ0) is 14.0. The van der Waals surface area contributed by atoms with Crippen LogP contribution in [0.3, 0.4) is 0 Å². The van der Waals surface area contributed by atoms with E-state index in [-0.39, 0.29) is 17.4 Å². The molecule has 1 aromatic carbocycles. The summed E-state index contributed by atoms with van der Waals surface area (Å²) < 4.78 is 28.2. The first-order chi connectivity index (χ1) is 8.13. The van der Waals surface area contributed by atoms with Gasteiger partial charge >= 0.3 is 0 Å². The van der Waals surface area contributed by atoms with Crippen molar-refractivity contribution in [3.05, 3.63) is 24.3 Å². The highest BCUT2D eigenvalue weighted by Crippen LogP contribution is 2.21. The number of rotatable bonds is 5. The summed E-state index contributed by atoms with van der Waals surface area (Å²) in [5, 5.41) is 10.0. The van der Waals surface area contributed by atoms with Gasteiger partial charge in [0.25, 0.3) is 0 Å². The van der Waals surface area contributed by atoms with Crippen molar-refractivity contribution in [1.29, 1.82) is 0 Å². The second-order valence-electron chi connectivity index (χ2n) is 5.05. The van der Waals surface area contributed by atoms with Crippen LogP contribution >= 0.6 is 0 Å². The van der Waals surface area contributed by atoms with E-state index in [2.05, 4.69) is 0 Å². The fraction of sp³-hybridized carbons (Fsp3) is 0.538. The molecule has 0 amide bonds. The highest BCUT2D eigenvalue weighted by Gasteiger charge is 2.25. The molecule has 0 bridgehead atoms. The van der Waals surface area contributed by atoms with E-state index in [0.717, 1.165) is 6.26 Å². The minimum atomic E-state index is -3.24. The molecule has 0 heterocycles. The van der Waals surface area contributed by atoms with Gasteiger partial charge in [-0.2, -0.15) is 0 Å². The summed E-state index contributed by atoms with van der Waals surface area (Å²) in [5.41, 5.74) is -0.943. The number of sulfone groups is 1. The number of aliphatic hydroxyl groups is 1. The van der Waals surface area contributed by atoms with Crippen LogP contribution in [0.1, 0.15) is 20.8 Å². The molecule has 1 aromatic rings. The van der Waals surface area contributed by atoms with Crippen molar-refractivity contribution in [2.75, 3.05) is 12.9 Å². The zero-order valence-corrected chi connectivity index (χ0v) is 12.0. The molecule has 0 spiro atoms. The van der Waals surface area contributed by atoms with Gasteiger partial charge in [-0.1, -0.05) is 19.9 Å². The number of benzene rings is 1. The Morgan fingerprint density at radius 3 is 2.50 bits per heavy atom. The van der Waals surface area contributed by atoms with Gasteiger partial charge < -0.3 is 9.84 Å². The lowest BCUT2D eigenvalue weighted by atomic mass is 9.94. The van der Waals surface area contributed by atoms with Crippen LogP contribution in [0.25, 0.3) is 0 Å². The number of ether oxygens (including phenoxy) is 1. The monoisotopic (exact) mass is 272 g/mol. The fourth-order valence-corrected chi connectivity index (χ4v) is 1.85. The summed E-state index contributed by atoms with van der Waals surface area (Å²) in [6.45, 7) is 5.61. The second-order valence-corrected chi connectivity index (χ2v) is 7.06. The molecule has 0 fully saturated rings. The van der Waals surface area contributed by atoms with Crippen LogP contribution in [0.4, 0.5) is 0 Å². The molecule has 0 aliphatic rings. The molecule has 102 valence electrons. The lowest BCUT2D eigenvalue weighted by Gasteiger charge is -2.27. The molecule has 0 saturated carbocycles. The van der Waals surface area contributed by atoms with Gasteiger partial charge in [-0.25, -0.2) is 8.42 Å². The molecule has 18 heavy (non-hydrogen) atoms. The van der Waals surface area contributed by atoms with Crippen molar-refractivity contribution in [3.8, 4) is 5.75 Å². The van der Waals surface area contributed by atoms with E-state index in [1.807, 2.05) is 13.8 Å². The molecule has 0 aliphatic carbocycles. The van der Waals surface area contributed by atoms with E-state index in [1.54, 1.807) is 19.1 Å². The summed E-state index contributed by atoms with van der Waals surface area (Å²) in [7, 11) is -3.24. The van der Waals surface area contributed by atoms with E-state index in [1.165, 1.54) is 12.1 Å². The van der Waals surface area contributed by atoms with E-state index >= 15 is 0 Å². The van der Waals surface area contributed by atoms with Crippen molar-refractivity contribution in [1.82, 2.24) is 0 Å². The van der Waals surface area contributed by atoms with Gasteiger partial charge in [-0.15, -0.1) is 0 Å². The van der Waals surface area contributed by atoms with Gasteiger partial charge in [-0.05, 0) is 31.0 Å². The molecule has 1 N–H and O–H groups in total. The van der Waals surface area contributed by atoms with Crippen LogP contribution in [0, 0.1) is 5.92 Å². The minimum Gasteiger partial charge on any atom is -0.491 e. The van der Waals surface area contributed by atoms with Crippen LogP contribution in [0.2, 0.25) is 0 Å². The van der Waals surface area contributed by atoms with Gasteiger partial charge in [0.1, 0.15) is 12.4 Å². The quantitative estimate of drug-likeness (QED) is 0.889. The molecule has 5 heteroatoms. The van der Waals surface area contributed by atoms with Crippen molar-refractivity contribution < 1.29 is 18.3 Å². The zero-order valence-electron chi connectivity index (χ0n) is 11.2. The van der Waals surface area contributed by atoms with Crippen LogP contribution < -0.4 is 4.74 Å². The number of hydrogen-bond acceptors (Lipinski definition) is 4. The Kier molecular flexibility index (Phi) is 4.40. The van der Waals surface area contributed by atoms with E-state index in [9.17, 15) is 13.5 Å². The predicted molar refractivity (Wildman–Crippen MR) is 70.5 cm³/mol. The Labute approximate surface area is 109 Å². The molecule has 1 atom stereocenters.